The molecule has 3 heterocycles. The Hall–Kier alpha value is -1.19. The van der Waals surface area contributed by atoms with Crippen LogP contribution in [0.25, 0.3) is 5.69 Å². The maximum atomic E-state index is 2.59. The second-order valence-corrected chi connectivity index (χ2v) is 5.81. The fourth-order valence-electron chi connectivity index (χ4n) is 2.85. The monoisotopic (exact) mass is 242 g/mol. The molecule has 2 aliphatic heterocycles. The zero-order valence-corrected chi connectivity index (χ0v) is 10.4. The lowest BCUT2D eigenvalue weighted by Gasteiger charge is -2.20. The Kier molecular flexibility index (Phi) is 2.11. The Morgan fingerprint density at radius 1 is 1.12 bits per heavy atom. The molecule has 0 saturated carbocycles. The number of hydrogen-bond acceptors (Lipinski definition) is 2. The van der Waals surface area contributed by atoms with E-state index in [0.717, 1.165) is 6.54 Å². The van der Waals surface area contributed by atoms with Crippen molar-refractivity contribution in [2.24, 2.45) is 0 Å². The van der Waals surface area contributed by atoms with Gasteiger partial charge in [0.2, 0.25) is 0 Å². The molecular formula is C14H14N2S. The highest BCUT2D eigenvalue weighted by molar-refractivity contribution is 7.99. The average Bonchev–Trinajstić information content (AvgIpc) is 2.96. The second kappa shape index (κ2) is 3.65. The maximum absolute atomic E-state index is 2.59. The van der Waals surface area contributed by atoms with Crippen molar-refractivity contribution in [3.05, 3.63) is 53.9 Å². The lowest BCUT2D eigenvalue weighted by Crippen LogP contribution is -2.21. The van der Waals surface area contributed by atoms with E-state index in [4.69, 9.17) is 0 Å². The summed E-state index contributed by atoms with van der Waals surface area (Å²) in [5, 5.41) is 0.539. The fraction of sp³-hybridized carbons (Fsp3) is 0.286. The van der Waals surface area contributed by atoms with E-state index in [1.165, 1.54) is 29.2 Å². The highest BCUT2D eigenvalue weighted by Gasteiger charge is 2.31. The summed E-state index contributed by atoms with van der Waals surface area (Å²) in [5.74, 6) is 1.25. The van der Waals surface area contributed by atoms with Crippen molar-refractivity contribution in [1.29, 1.82) is 0 Å². The Morgan fingerprint density at radius 3 is 3.06 bits per heavy atom. The summed E-state index contributed by atoms with van der Waals surface area (Å²) in [7, 11) is 0. The van der Waals surface area contributed by atoms with Crippen LogP contribution in [0.4, 0.5) is 0 Å². The SMILES string of the molecule is c1ccc2c(c1)CN1CCS[C@H]1c1cccn1-2. The molecule has 86 valence electrons. The molecule has 17 heavy (non-hydrogen) atoms. The quantitative estimate of drug-likeness (QED) is 0.701. The summed E-state index contributed by atoms with van der Waals surface area (Å²) < 4.78 is 2.36. The number of fused-ring (bicyclic) bond motifs is 5. The minimum absolute atomic E-state index is 0.539. The molecule has 0 N–H and O–H groups in total. The van der Waals surface area contributed by atoms with E-state index in [2.05, 4.69) is 63.8 Å². The van der Waals surface area contributed by atoms with Gasteiger partial charge in [-0.25, -0.2) is 0 Å². The summed E-state index contributed by atoms with van der Waals surface area (Å²) in [6.45, 7) is 2.28. The first kappa shape index (κ1) is 9.80. The molecule has 0 unspecified atom stereocenters. The molecule has 1 aromatic heterocycles. The molecular weight excluding hydrogens is 228 g/mol. The molecule has 0 spiro atoms. The van der Waals surface area contributed by atoms with Crippen molar-refractivity contribution in [2.45, 2.75) is 11.9 Å². The van der Waals surface area contributed by atoms with Crippen LogP contribution < -0.4 is 0 Å². The Morgan fingerprint density at radius 2 is 2.06 bits per heavy atom. The lowest BCUT2D eigenvalue weighted by atomic mass is 10.1. The molecule has 3 heteroatoms. The van der Waals surface area contributed by atoms with Crippen LogP contribution in [0.1, 0.15) is 16.6 Å². The molecule has 0 amide bonds. The number of nitrogens with zero attached hydrogens (tertiary/aromatic N) is 2. The Balaban J connectivity index is 1.97. The molecule has 1 atom stereocenters. The molecule has 0 radical (unpaired) electrons. The predicted molar refractivity (Wildman–Crippen MR) is 71.4 cm³/mol. The lowest BCUT2D eigenvalue weighted by molar-refractivity contribution is 0.283. The smallest absolute Gasteiger partial charge is 0.0974 e. The summed E-state index contributed by atoms with van der Waals surface area (Å²) in [6, 6.07) is 13.2. The van der Waals surface area contributed by atoms with Crippen molar-refractivity contribution < 1.29 is 0 Å². The van der Waals surface area contributed by atoms with Gasteiger partial charge in [0, 0.05) is 30.7 Å². The minimum Gasteiger partial charge on any atom is -0.318 e. The van der Waals surface area contributed by atoms with E-state index in [0.29, 0.717) is 5.37 Å². The normalized spacial score (nSPS) is 22.7. The minimum atomic E-state index is 0.539. The summed E-state index contributed by atoms with van der Waals surface area (Å²) in [6.07, 6.45) is 2.19. The number of benzene rings is 1. The first-order valence-electron chi connectivity index (χ1n) is 6.05. The topological polar surface area (TPSA) is 8.17 Å². The highest BCUT2D eigenvalue weighted by Crippen LogP contribution is 2.42. The van der Waals surface area contributed by atoms with Crippen LogP contribution >= 0.6 is 11.8 Å². The summed E-state index contributed by atoms with van der Waals surface area (Å²) in [5.41, 5.74) is 4.22. The molecule has 2 aliphatic rings. The maximum Gasteiger partial charge on any atom is 0.0974 e. The van der Waals surface area contributed by atoms with Crippen LogP contribution in [-0.4, -0.2) is 21.8 Å². The molecule has 2 nitrogen and oxygen atoms in total. The highest BCUT2D eigenvalue weighted by atomic mass is 32.2. The molecule has 1 aromatic carbocycles. The van der Waals surface area contributed by atoms with Gasteiger partial charge in [0.15, 0.2) is 0 Å². The van der Waals surface area contributed by atoms with Crippen molar-refractivity contribution >= 4 is 11.8 Å². The Bertz CT molecular complexity index is 561. The van der Waals surface area contributed by atoms with Gasteiger partial charge in [-0.05, 0) is 23.8 Å². The first-order valence-corrected chi connectivity index (χ1v) is 7.09. The van der Waals surface area contributed by atoms with Gasteiger partial charge in [-0.3, -0.25) is 4.90 Å². The van der Waals surface area contributed by atoms with Crippen molar-refractivity contribution in [1.82, 2.24) is 9.47 Å². The van der Waals surface area contributed by atoms with Crippen molar-refractivity contribution in [3.63, 3.8) is 0 Å². The first-order chi connectivity index (χ1) is 8.43. The zero-order chi connectivity index (χ0) is 11.2. The molecule has 1 saturated heterocycles. The van der Waals surface area contributed by atoms with Gasteiger partial charge in [0.05, 0.1) is 11.1 Å². The number of thioether (sulfide) groups is 1. The van der Waals surface area contributed by atoms with Crippen LogP contribution in [0, 0.1) is 0 Å². The van der Waals surface area contributed by atoms with E-state index in [1.807, 2.05) is 0 Å². The number of hydrogen-bond donors (Lipinski definition) is 0. The average molecular weight is 242 g/mol. The molecule has 0 bridgehead atoms. The van der Waals surface area contributed by atoms with E-state index >= 15 is 0 Å². The van der Waals surface area contributed by atoms with E-state index in [1.54, 1.807) is 0 Å². The molecule has 1 fully saturated rings. The van der Waals surface area contributed by atoms with Gasteiger partial charge in [0.1, 0.15) is 0 Å². The second-order valence-electron chi connectivity index (χ2n) is 4.63. The predicted octanol–water partition coefficient (Wildman–Crippen LogP) is 3.04. The van der Waals surface area contributed by atoms with Crippen LogP contribution in [0.3, 0.4) is 0 Å². The third-order valence-electron chi connectivity index (χ3n) is 3.64. The van der Waals surface area contributed by atoms with Gasteiger partial charge in [0.25, 0.3) is 0 Å². The summed E-state index contributed by atoms with van der Waals surface area (Å²) in [4.78, 5) is 2.59. The molecule has 2 aromatic rings. The Labute approximate surface area is 105 Å². The van der Waals surface area contributed by atoms with Crippen molar-refractivity contribution in [3.8, 4) is 5.69 Å². The third-order valence-corrected chi connectivity index (χ3v) is 4.92. The molecule has 0 aliphatic carbocycles. The van der Waals surface area contributed by atoms with Crippen LogP contribution in [0.5, 0.6) is 0 Å². The standard InChI is InChI=1S/C14H14N2S/c1-2-5-12-11(4-1)10-15-8-9-17-14(15)13-6-3-7-16(12)13/h1-7,14H,8-10H2/t14-/m0/s1. The zero-order valence-electron chi connectivity index (χ0n) is 9.54. The van der Waals surface area contributed by atoms with Crippen LogP contribution in [0.2, 0.25) is 0 Å². The number of rotatable bonds is 0. The van der Waals surface area contributed by atoms with Crippen LogP contribution in [-0.2, 0) is 6.54 Å². The van der Waals surface area contributed by atoms with Gasteiger partial charge in [-0.1, -0.05) is 18.2 Å². The van der Waals surface area contributed by atoms with Gasteiger partial charge in [-0.2, -0.15) is 0 Å². The van der Waals surface area contributed by atoms with E-state index in [9.17, 15) is 0 Å². The molecule has 4 rings (SSSR count). The fourth-order valence-corrected chi connectivity index (χ4v) is 4.17. The van der Waals surface area contributed by atoms with Gasteiger partial charge < -0.3 is 4.57 Å². The third kappa shape index (κ3) is 1.39. The van der Waals surface area contributed by atoms with Crippen LogP contribution in [0.15, 0.2) is 42.6 Å². The van der Waals surface area contributed by atoms with Crippen molar-refractivity contribution in [2.75, 3.05) is 12.3 Å². The van der Waals surface area contributed by atoms with E-state index in [-0.39, 0.29) is 0 Å². The number of para-hydroxylation sites is 1. The summed E-state index contributed by atoms with van der Waals surface area (Å²) >= 11 is 2.06. The largest absolute Gasteiger partial charge is 0.318 e. The van der Waals surface area contributed by atoms with Gasteiger partial charge >= 0.3 is 0 Å². The van der Waals surface area contributed by atoms with Gasteiger partial charge in [-0.15, -0.1) is 11.8 Å². The number of aromatic nitrogens is 1. The van der Waals surface area contributed by atoms with E-state index < -0.39 is 0 Å².